The molecular weight excluding hydrogens is 313 g/mol. The van der Waals surface area contributed by atoms with Gasteiger partial charge in [0.25, 0.3) is 0 Å². The average molecular weight is 330 g/mol. The first-order chi connectivity index (χ1) is 9.90. The lowest BCUT2D eigenvalue weighted by Crippen LogP contribution is -2.26. The third-order valence-electron chi connectivity index (χ3n) is 2.88. The van der Waals surface area contributed by atoms with E-state index in [1.54, 1.807) is 24.3 Å². The predicted octanol–water partition coefficient (Wildman–Crippen LogP) is 3.62. The first-order valence-corrected chi connectivity index (χ1v) is 7.27. The second kappa shape index (κ2) is 8.70. The highest BCUT2D eigenvalue weighted by molar-refractivity contribution is 6.37. The summed E-state index contributed by atoms with van der Waals surface area (Å²) < 4.78 is 0. The highest BCUT2D eigenvalue weighted by Gasteiger charge is 2.07. The summed E-state index contributed by atoms with van der Waals surface area (Å²) in [6, 6.07) is 5.12. The molecule has 6 heteroatoms. The van der Waals surface area contributed by atoms with Crippen molar-refractivity contribution in [3.8, 4) is 0 Å². The largest absolute Gasteiger partial charge is 0.481 e. The Morgan fingerprint density at radius 3 is 2.52 bits per heavy atom. The lowest BCUT2D eigenvalue weighted by Gasteiger charge is -2.10. The van der Waals surface area contributed by atoms with Crippen molar-refractivity contribution < 1.29 is 14.7 Å². The number of carboxylic acids is 1. The normalized spacial score (nSPS) is 12.3. The summed E-state index contributed by atoms with van der Waals surface area (Å²) in [5.74, 6) is -1.00. The predicted molar refractivity (Wildman–Crippen MR) is 84.5 cm³/mol. The van der Waals surface area contributed by atoms with Crippen LogP contribution in [0.4, 0.5) is 0 Å². The molecule has 0 bridgehead atoms. The van der Waals surface area contributed by atoms with Crippen LogP contribution >= 0.6 is 23.2 Å². The van der Waals surface area contributed by atoms with Crippen LogP contribution in [0.25, 0.3) is 6.08 Å². The number of hydrogen-bond acceptors (Lipinski definition) is 2. The maximum atomic E-state index is 11.7. The number of carboxylic acid groups (broad SMARTS) is 1. The van der Waals surface area contributed by atoms with Crippen LogP contribution in [0.5, 0.6) is 0 Å². The Hall–Kier alpha value is -1.52. The lowest BCUT2D eigenvalue weighted by molar-refractivity contribution is -0.137. The molecule has 1 atom stereocenters. The van der Waals surface area contributed by atoms with E-state index < -0.39 is 5.97 Å². The number of benzene rings is 1. The first kappa shape index (κ1) is 17.5. The number of hydrogen-bond donors (Lipinski definition) is 2. The molecule has 4 nitrogen and oxygen atoms in total. The number of amides is 1. The van der Waals surface area contributed by atoms with Gasteiger partial charge in [0.2, 0.25) is 5.91 Å². The third kappa shape index (κ3) is 6.65. The summed E-state index contributed by atoms with van der Waals surface area (Å²) in [5, 5.41) is 12.2. The van der Waals surface area contributed by atoms with Crippen LogP contribution in [0, 0.1) is 5.92 Å². The molecule has 0 saturated heterocycles. The first-order valence-electron chi connectivity index (χ1n) is 6.52. The number of carbonyl (C=O) groups is 2. The number of rotatable bonds is 7. The summed E-state index contributed by atoms with van der Waals surface area (Å²) in [4.78, 5) is 22.1. The van der Waals surface area contributed by atoms with E-state index in [0.717, 1.165) is 0 Å². The van der Waals surface area contributed by atoms with Gasteiger partial charge in [-0.05, 0) is 30.5 Å². The average Bonchev–Trinajstić information content (AvgIpc) is 2.42. The van der Waals surface area contributed by atoms with Gasteiger partial charge in [-0.25, -0.2) is 0 Å². The molecule has 0 saturated carbocycles. The zero-order chi connectivity index (χ0) is 15.8. The maximum Gasteiger partial charge on any atom is 0.303 e. The molecule has 1 unspecified atom stereocenters. The molecule has 0 aliphatic rings. The Kier molecular flexibility index (Phi) is 7.26. The van der Waals surface area contributed by atoms with Crippen LogP contribution in [0.3, 0.4) is 0 Å². The van der Waals surface area contributed by atoms with Crippen LogP contribution < -0.4 is 5.32 Å². The molecule has 1 rings (SSSR count). The minimum atomic E-state index is -0.832. The van der Waals surface area contributed by atoms with Gasteiger partial charge in [0.15, 0.2) is 0 Å². The van der Waals surface area contributed by atoms with E-state index in [4.69, 9.17) is 28.3 Å². The quantitative estimate of drug-likeness (QED) is 0.751. The van der Waals surface area contributed by atoms with Crippen LogP contribution in [0.1, 0.15) is 25.3 Å². The van der Waals surface area contributed by atoms with Gasteiger partial charge < -0.3 is 10.4 Å². The van der Waals surface area contributed by atoms with Crippen molar-refractivity contribution in [1.29, 1.82) is 0 Å². The van der Waals surface area contributed by atoms with E-state index in [9.17, 15) is 9.59 Å². The van der Waals surface area contributed by atoms with E-state index in [1.807, 2.05) is 6.92 Å². The molecule has 0 radical (unpaired) electrons. The number of aliphatic carboxylic acids is 1. The monoisotopic (exact) mass is 329 g/mol. The topological polar surface area (TPSA) is 66.4 Å². The van der Waals surface area contributed by atoms with Gasteiger partial charge in [0.05, 0.1) is 0 Å². The molecule has 0 aliphatic heterocycles. The lowest BCUT2D eigenvalue weighted by atomic mass is 10.1. The molecular formula is C15H17Cl2NO3. The Bertz CT molecular complexity index is 523. The summed E-state index contributed by atoms with van der Waals surface area (Å²) in [7, 11) is 0. The summed E-state index contributed by atoms with van der Waals surface area (Å²) in [6.07, 6.45) is 3.54. The molecule has 0 spiro atoms. The van der Waals surface area contributed by atoms with Gasteiger partial charge in [-0.15, -0.1) is 0 Å². The van der Waals surface area contributed by atoms with Gasteiger partial charge in [-0.3, -0.25) is 9.59 Å². The molecule has 0 aliphatic carbocycles. The molecule has 0 fully saturated rings. The van der Waals surface area contributed by atoms with Gasteiger partial charge in [0.1, 0.15) is 0 Å². The summed E-state index contributed by atoms with van der Waals surface area (Å²) in [6.45, 7) is 2.31. The minimum Gasteiger partial charge on any atom is -0.481 e. The van der Waals surface area contributed by atoms with Crippen LogP contribution in [0.15, 0.2) is 24.3 Å². The minimum absolute atomic E-state index is 0.0993. The van der Waals surface area contributed by atoms with Crippen LogP contribution in [-0.2, 0) is 9.59 Å². The van der Waals surface area contributed by atoms with Crippen molar-refractivity contribution >= 4 is 41.2 Å². The van der Waals surface area contributed by atoms with Crippen molar-refractivity contribution in [3.63, 3.8) is 0 Å². The molecule has 1 amide bonds. The fourth-order valence-electron chi connectivity index (χ4n) is 1.63. The third-order valence-corrected chi connectivity index (χ3v) is 3.54. The molecule has 0 heterocycles. The van der Waals surface area contributed by atoms with E-state index in [2.05, 4.69) is 5.32 Å². The molecule has 114 valence electrons. The van der Waals surface area contributed by atoms with Crippen molar-refractivity contribution in [2.45, 2.75) is 19.8 Å². The van der Waals surface area contributed by atoms with E-state index in [0.29, 0.717) is 28.6 Å². The molecule has 2 N–H and O–H groups in total. The summed E-state index contributed by atoms with van der Waals surface area (Å²) in [5.41, 5.74) is 0.593. The fourth-order valence-corrected chi connectivity index (χ4v) is 2.16. The Morgan fingerprint density at radius 2 is 1.95 bits per heavy atom. The maximum absolute atomic E-state index is 11.7. The van der Waals surface area contributed by atoms with Gasteiger partial charge >= 0.3 is 5.97 Å². The summed E-state index contributed by atoms with van der Waals surface area (Å²) >= 11 is 12.0. The molecule has 0 aromatic heterocycles. The highest BCUT2D eigenvalue weighted by Crippen LogP contribution is 2.25. The SMILES string of the molecule is CC(CCC(=O)O)CNC(=O)/C=C/c1c(Cl)cccc1Cl. The van der Waals surface area contributed by atoms with E-state index in [-0.39, 0.29) is 18.2 Å². The van der Waals surface area contributed by atoms with E-state index >= 15 is 0 Å². The van der Waals surface area contributed by atoms with Crippen LogP contribution in [0.2, 0.25) is 10.0 Å². The van der Waals surface area contributed by atoms with Crippen molar-refractivity contribution in [3.05, 3.63) is 39.9 Å². The van der Waals surface area contributed by atoms with Gasteiger partial charge in [0, 0.05) is 34.7 Å². The van der Waals surface area contributed by atoms with Crippen molar-refractivity contribution in [1.82, 2.24) is 5.32 Å². The number of halogens is 2. The molecule has 1 aromatic rings. The fraction of sp³-hybridized carbons (Fsp3) is 0.333. The van der Waals surface area contributed by atoms with Gasteiger partial charge in [-0.2, -0.15) is 0 Å². The smallest absolute Gasteiger partial charge is 0.303 e. The van der Waals surface area contributed by atoms with Crippen LogP contribution in [-0.4, -0.2) is 23.5 Å². The molecule has 21 heavy (non-hydrogen) atoms. The van der Waals surface area contributed by atoms with E-state index in [1.165, 1.54) is 6.08 Å². The second-order valence-electron chi connectivity index (χ2n) is 4.75. The van der Waals surface area contributed by atoms with Crippen molar-refractivity contribution in [2.24, 2.45) is 5.92 Å². The standard InChI is InChI=1S/C15H17Cl2NO3/c1-10(5-8-15(20)21)9-18-14(19)7-6-11-12(16)3-2-4-13(11)17/h2-4,6-7,10H,5,8-9H2,1H3,(H,18,19)(H,20,21)/b7-6+. The zero-order valence-electron chi connectivity index (χ0n) is 11.6. The Morgan fingerprint density at radius 1 is 1.33 bits per heavy atom. The Balaban J connectivity index is 2.47. The number of nitrogens with one attached hydrogen (secondary N) is 1. The van der Waals surface area contributed by atoms with Gasteiger partial charge in [-0.1, -0.05) is 36.2 Å². The zero-order valence-corrected chi connectivity index (χ0v) is 13.1. The Labute approximate surface area is 133 Å². The highest BCUT2D eigenvalue weighted by atomic mass is 35.5. The number of carbonyl (C=O) groups excluding carboxylic acids is 1. The second-order valence-corrected chi connectivity index (χ2v) is 5.57. The van der Waals surface area contributed by atoms with Crippen molar-refractivity contribution in [2.75, 3.05) is 6.54 Å². The molecule has 1 aromatic carbocycles.